The van der Waals surface area contributed by atoms with Gasteiger partial charge in [-0.25, -0.2) is 0 Å². The minimum absolute atomic E-state index is 0.108. The van der Waals surface area contributed by atoms with E-state index in [0.29, 0.717) is 0 Å². The minimum Gasteiger partial charge on any atom is -0.459 e. The molecule has 1 heterocycles. The maximum atomic E-state index is 6.06. The third kappa shape index (κ3) is 3.01. The van der Waals surface area contributed by atoms with Crippen LogP contribution in [0.5, 0.6) is 0 Å². The van der Waals surface area contributed by atoms with Crippen LogP contribution in [-0.4, -0.2) is 6.54 Å². The van der Waals surface area contributed by atoms with Crippen LogP contribution < -0.4 is 5.32 Å². The second kappa shape index (κ2) is 5.38. The molecule has 0 aliphatic rings. The number of hydrogen-bond acceptors (Lipinski definition) is 2. The third-order valence-corrected chi connectivity index (χ3v) is 3.49. The highest BCUT2D eigenvalue weighted by Crippen LogP contribution is 2.33. The molecule has 104 valence electrons. The first-order valence-electron chi connectivity index (χ1n) is 7.22. The van der Waals surface area contributed by atoms with Crippen molar-refractivity contribution in [3.05, 3.63) is 35.1 Å². The minimum atomic E-state index is 0.108. The highest BCUT2D eigenvalue weighted by atomic mass is 16.3. The van der Waals surface area contributed by atoms with Crippen molar-refractivity contribution in [2.45, 2.75) is 53.0 Å². The fourth-order valence-electron chi connectivity index (χ4n) is 2.37. The second-order valence-corrected chi connectivity index (χ2v) is 6.16. The summed E-state index contributed by atoms with van der Waals surface area (Å²) >= 11 is 0. The summed E-state index contributed by atoms with van der Waals surface area (Å²) in [5, 5.41) is 4.55. The predicted molar refractivity (Wildman–Crippen MR) is 81.7 cm³/mol. The largest absolute Gasteiger partial charge is 0.459 e. The molecular formula is C17H25NO. The molecule has 0 radical (unpaired) electrons. The van der Waals surface area contributed by atoms with Crippen molar-refractivity contribution < 1.29 is 4.42 Å². The molecule has 0 aliphatic heterocycles. The van der Waals surface area contributed by atoms with Crippen molar-refractivity contribution in [2.24, 2.45) is 0 Å². The standard InChI is InChI=1S/C17H25NO/c1-6-12-8-13-10-14(11-18-7-2)19-16(13)15(9-12)17(3,4)5/h8-10,18H,6-7,11H2,1-5H3. The SMILES string of the molecule is CCNCc1cc2cc(CC)cc(C(C)(C)C)c2o1. The van der Waals surface area contributed by atoms with E-state index in [1.54, 1.807) is 0 Å². The van der Waals surface area contributed by atoms with E-state index < -0.39 is 0 Å². The van der Waals surface area contributed by atoms with E-state index in [9.17, 15) is 0 Å². The van der Waals surface area contributed by atoms with Gasteiger partial charge in [-0.05, 0) is 36.1 Å². The summed E-state index contributed by atoms with van der Waals surface area (Å²) in [7, 11) is 0. The van der Waals surface area contributed by atoms with Gasteiger partial charge in [-0.3, -0.25) is 0 Å². The molecule has 2 rings (SSSR count). The molecule has 19 heavy (non-hydrogen) atoms. The molecule has 1 aromatic carbocycles. The van der Waals surface area contributed by atoms with Gasteiger partial charge in [0.05, 0.1) is 6.54 Å². The first kappa shape index (κ1) is 14.1. The van der Waals surface area contributed by atoms with Gasteiger partial charge in [-0.1, -0.05) is 40.7 Å². The van der Waals surface area contributed by atoms with E-state index in [1.165, 1.54) is 16.5 Å². The fraction of sp³-hybridized carbons (Fsp3) is 0.529. The van der Waals surface area contributed by atoms with Gasteiger partial charge >= 0.3 is 0 Å². The molecule has 0 amide bonds. The molecule has 0 bridgehead atoms. The van der Waals surface area contributed by atoms with Crippen LogP contribution in [0.1, 0.15) is 51.5 Å². The lowest BCUT2D eigenvalue weighted by molar-refractivity contribution is 0.504. The number of benzene rings is 1. The number of aryl methyl sites for hydroxylation is 1. The van der Waals surface area contributed by atoms with Crippen LogP contribution in [0.25, 0.3) is 11.0 Å². The van der Waals surface area contributed by atoms with E-state index >= 15 is 0 Å². The van der Waals surface area contributed by atoms with Gasteiger partial charge in [0, 0.05) is 10.9 Å². The molecule has 0 saturated carbocycles. The Morgan fingerprint density at radius 1 is 1.11 bits per heavy atom. The number of fused-ring (bicyclic) bond motifs is 1. The van der Waals surface area contributed by atoms with E-state index in [2.05, 4.69) is 58.1 Å². The molecule has 1 aromatic heterocycles. The normalized spacial score (nSPS) is 12.3. The summed E-state index contributed by atoms with van der Waals surface area (Å²) in [6.45, 7) is 12.8. The van der Waals surface area contributed by atoms with Crippen molar-refractivity contribution in [1.29, 1.82) is 0 Å². The zero-order chi connectivity index (χ0) is 14.0. The molecule has 1 N–H and O–H groups in total. The average Bonchev–Trinajstić information content (AvgIpc) is 2.76. The number of hydrogen-bond donors (Lipinski definition) is 1. The lowest BCUT2D eigenvalue weighted by Crippen LogP contribution is -2.12. The van der Waals surface area contributed by atoms with Gasteiger partial charge < -0.3 is 9.73 Å². The van der Waals surface area contributed by atoms with Crippen LogP contribution in [0.2, 0.25) is 0 Å². The average molecular weight is 259 g/mol. The van der Waals surface area contributed by atoms with Gasteiger partial charge in [0.25, 0.3) is 0 Å². The Labute approximate surface area is 116 Å². The molecule has 0 atom stereocenters. The first-order valence-corrected chi connectivity index (χ1v) is 7.22. The lowest BCUT2D eigenvalue weighted by atomic mass is 9.85. The van der Waals surface area contributed by atoms with Gasteiger partial charge in [0.2, 0.25) is 0 Å². The number of nitrogens with one attached hydrogen (secondary N) is 1. The van der Waals surface area contributed by atoms with E-state index in [1.807, 2.05) is 0 Å². The predicted octanol–water partition coefficient (Wildman–Crippen LogP) is 4.40. The van der Waals surface area contributed by atoms with Crippen LogP contribution in [0.4, 0.5) is 0 Å². The van der Waals surface area contributed by atoms with Gasteiger partial charge in [-0.2, -0.15) is 0 Å². The van der Waals surface area contributed by atoms with E-state index in [4.69, 9.17) is 4.42 Å². The first-order chi connectivity index (χ1) is 8.95. The van der Waals surface area contributed by atoms with Gasteiger partial charge in [0.15, 0.2) is 0 Å². The third-order valence-electron chi connectivity index (χ3n) is 3.49. The molecule has 0 fully saturated rings. The second-order valence-electron chi connectivity index (χ2n) is 6.16. The summed E-state index contributed by atoms with van der Waals surface area (Å²) in [5.74, 6) is 1.02. The quantitative estimate of drug-likeness (QED) is 0.880. The van der Waals surface area contributed by atoms with Crippen molar-refractivity contribution in [2.75, 3.05) is 6.54 Å². The smallest absolute Gasteiger partial charge is 0.138 e. The fourth-order valence-corrected chi connectivity index (χ4v) is 2.37. The summed E-state index contributed by atoms with van der Waals surface area (Å²) in [6.07, 6.45) is 1.06. The molecular weight excluding hydrogens is 234 g/mol. The Morgan fingerprint density at radius 2 is 1.84 bits per heavy atom. The van der Waals surface area contributed by atoms with Crippen LogP contribution >= 0.6 is 0 Å². The number of furan rings is 1. The van der Waals surface area contributed by atoms with E-state index in [-0.39, 0.29) is 5.41 Å². The van der Waals surface area contributed by atoms with Crippen molar-refractivity contribution >= 4 is 11.0 Å². The van der Waals surface area contributed by atoms with Crippen molar-refractivity contribution in [3.8, 4) is 0 Å². The topological polar surface area (TPSA) is 25.2 Å². The van der Waals surface area contributed by atoms with Crippen molar-refractivity contribution in [3.63, 3.8) is 0 Å². The summed E-state index contributed by atoms with van der Waals surface area (Å²) < 4.78 is 6.06. The zero-order valence-corrected chi connectivity index (χ0v) is 12.8. The Morgan fingerprint density at radius 3 is 2.42 bits per heavy atom. The highest BCUT2D eigenvalue weighted by molar-refractivity contribution is 5.83. The van der Waals surface area contributed by atoms with Crippen LogP contribution in [-0.2, 0) is 18.4 Å². The van der Waals surface area contributed by atoms with E-state index in [0.717, 1.165) is 30.9 Å². The van der Waals surface area contributed by atoms with Gasteiger partial charge in [-0.15, -0.1) is 0 Å². The molecule has 0 aliphatic carbocycles. The molecule has 0 spiro atoms. The zero-order valence-electron chi connectivity index (χ0n) is 12.8. The highest BCUT2D eigenvalue weighted by Gasteiger charge is 2.20. The Kier molecular flexibility index (Phi) is 4.00. The van der Waals surface area contributed by atoms with Gasteiger partial charge in [0.1, 0.15) is 11.3 Å². The molecule has 0 unspecified atom stereocenters. The molecule has 2 nitrogen and oxygen atoms in total. The Hall–Kier alpha value is -1.28. The summed E-state index contributed by atoms with van der Waals surface area (Å²) in [5.41, 5.74) is 3.85. The van der Waals surface area contributed by atoms with Crippen LogP contribution in [0.15, 0.2) is 22.6 Å². The Balaban J connectivity index is 2.55. The summed E-state index contributed by atoms with van der Waals surface area (Å²) in [4.78, 5) is 0. The van der Waals surface area contributed by atoms with Crippen LogP contribution in [0.3, 0.4) is 0 Å². The number of rotatable bonds is 4. The summed E-state index contributed by atoms with van der Waals surface area (Å²) in [6, 6.07) is 6.72. The monoisotopic (exact) mass is 259 g/mol. The molecule has 2 aromatic rings. The van der Waals surface area contributed by atoms with Crippen molar-refractivity contribution in [1.82, 2.24) is 5.32 Å². The lowest BCUT2D eigenvalue weighted by Gasteiger charge is -2.20. The Bertz CT molecular complexity index is 560. The molecule has 2 heteroatoms. The molecule has 0 saturated heterocycles. The maximum Gasteiger partial charge on any atom is 0.138 e. The maximum absolute atomic E-state index is 6.06. The van der Waals surface area contributed by atoms with Crippen LogP contribution in [0, 0.1) is 0 Å².